The molecule has 0 radical (unpaired) electrons. The van der Waals surface area contributed by atoms with E-state index in [-0.39, 0.29) is 6.10 Å². The molecule has 3 aromatic rings. The van der Waals surface area contributed by atoms with Crippen molar-refractivity contribution < 1.29 is 14.3 Å². The molecular formula is C21H15N3O3. The topological polar surface area (TPSA) is 74.1 Å². The zero-order chi connectivity index (χ0) is 18.4. The van der Waals surface area contributed by atoms with Gasteiger partial charge < -0.3 is 4.74 Å². The number of nitrogens with zero attached hydrogens (tertiary/aromatic N) is 3. The van der Waals surface area contributed by atoms with E-state index in [9.17, 15) is 9.59 Å². The van der Waals surface area contributed by atoms with Gasteiger partial charge in [0.2, 0.25) is 11.6 Å². The third kappa shape index (κ3) is 2.49. The number of ether oxygens (including phenoxy) is 1. The Morgan fingerprint density at radius 2 is 1.70 bits per heavy atom. The van der Waals surface area contributed by atoms with Gasteiger partial charge in [-0.2, -0.15) is 0 Å². The highest BCUT2D eigenvalue weighted by atomic mass is 16.5. The lowest BCUT2D eigenvalue weighted by atomic mass is 9.88. The normalized spacial score (nSPS) is 18.3. The fraction of sp³-hybridized carbons (Fsp3) is 0.143. The van der Waals surface area contributed by atoms with E-state index in [0.717, 1.165) is 11.3 Å². The fourth-order valence-electron chi connectivity index (χ4n) is 3.68. The third-order valence-corrected chi connectivity index (χ3v) is 4.95. The Kier molecular flexibility index (Phi) is 3.50. The smallest absolute Gasteiger partial charge is 0.234 e. The first kappa shape index (κ1) is 15.7. The predicted molar refractivity (Wildman–Crippen MR) is 97.6 cm³/mol. The molecule has 1 aromatic heterocycles. The first-order chi connectivity index (χ1) is 13.2. The number of hydrogen-bond acceptors (Lipinski definition) is 5. The summed E-state index contributed by atoms with van der Waals surface area (Å²) in [6.45, 7) is 0.445. The average Bonchev–Trinajstić information content (AvgIpc) is 3.34. The summed E-state index contributed by atoms with van der Waals surface area (Å²) < 4.78 is 7.87. The van der Waals surface area contributed by atoms with Gasteiger partial charge in [0.1, 0.15) is 11.9 Å². The minimum Gasteiger partial charge on any atom is -0.487 e. The Labute approximate surface area is 155 Å². The number of aromatic nitrogens is 3. The van der Waals surface area contributed by atoms with Crippen LogP contribution in [0.1, 0.15) is 22.3 Å². The van der Waals surface area contributed by atoms with Crippen LogP contribution >= 0.6 is 0 Å². The molecule has 2 aliphatic rings. The Balaban J connectivity index is 1.44. The van der Waals surface area contributed by atoms with Gasteiger partial charge >= 0.3 is 0 Å². The summed E-state index contributed by atoms with van der Waals surface area (Å²) in [4.78, 5) is 24.8. The second kappa shape index (κ2) is 6.02. The van der Waals surface area contributed by atoms with Crippen LogP contribution in [0.4, 0.5) is 0 Å². The summed E-state index contributed by atoms with van der Waals surface area (Å²) >= 11 is 0. The summed E-state index contributed by atoms with van der Waals surface area (Å²) in [5.41, 5.74) is 3.46. The fourth-order valence-corrected chi connectivity index (χ4v) is 3.68. The lowest BCUT2D eigenvalue weighted by Gasteiger charge is -2.17. The number of rotatable bonds is 3. The second-order valence-electron chi connectivity index (χ2n) is 6.62. The molecule has 27 heavy (non-hydrogen) atoms. The van der Waals surface area contributed by atoms with Crippen molar-refractivity contribution in [3.8, 4) is 11.3 Å². The van der Waals surface area contributed by atoms with E-state index < -0.39 is 11.6 Å². The standard InChI is InChI=1S/C21H15N3O3/c25-19-15-8-4-5-9-16(15)21-17(20(19)26)10-14(27-21)12-24-18(11-22-23-24)13-6-2-1-3-7-13/h1-9,11,14H,10,12H2. The summed E-state index contributed by atoms with van der Waals surface area (Å²) in [6, 6.07) is 16.9. The van der Waals surface area contributed by atoms with E-state index in [0.29, 0.717) is 35.4 Å². The number of carbonyl (C=O) groups excluding carboxylic acids is 2. The SMILES string of the molecule is O=C1C(=O)c2ccccc2C2=C1CC(Cn1nncc1-c1ccccc1)O2. The molecule has 6 nitrogen and oxygen atoms in total. The minimum atomic E-state index is -0.465. The van der Waals surface area contributed by atoms with E-state index in [1.165, 1.54) is 0 Å². The summed E-state index contributed by atoms with van der Waals surface area (Å²) in [7, 11) is 0. The zero-order valence-electron chi connectivity index (χ0n) is 14.3. The molecule has 1 aliphatic carbocycles. The van der Waals surface area contributed by atoms with Crippen LogP contribution < -0.4 is 0 Å². The summed E-state index contributed by atoms with van der Waals surface area (Å²) in [5, 5.41) is 8.18. The van der Waals surface area contributed by atoms with Gasteiger partial charge in [-0.25, -0.2) is 4.68 Å². The molecule has 1 atom stereocenters. The van der Waals surface area contributed by atoms with Gasteiger partial charge in [0.05, 0.1) is 24.0 Å². The lowest BCUT2D eigenvalue weighted by molar-refractivity contribution is -0.112. The van der Waals surface area contributed by atoms with Crippen LogP contribution in [0.5, 0.6) is 0 Å². The van der Waals surface area contributed by atoms with Gasteiger partial charge in [-0.15, -0.1) is 5.10 Å². The molecule has 2 heterocycles. The van der Waals surface area contributed by atoms with E-state index in [2.05, 4.69) is 10.3 Å². The van der Waals surface area contributed by atoms with Crippen LogP contribution in [-0.2, 0) is 16.1 Å². The van der Waals surface area contributed by atoms with Crippen LogP contribution in [0.2, 0.25) is 0 Å². The Morgan fingerprint density at radius 1 is 0.963 bits per heavy atom. The van der Waals surface area contributed by atoms with Crippen molar-refractivity contribution in [3.05, 3.63) is 77.5 Å². The number of benzene rings is 2. The van der Waals surface area contributed by atoms with Crippen molar-refractivity contribution in [2.45, 2.75) is 19.1 Å². The molecule has 0 spiro atoms. The van der Waals surface area contributed by atoms with Crippen molar-refractivity contribution in [2.75, 3.05) is 0 Å². The predicted octanol–water partition coefficient (Wildman–Crippen LogP) is 2.91. The van der Waals surface area contributed by atoms with Crippen LogP contribution in [0.15, 0.2) is 66.4 Å². The molecule has 0 fully saturated rings. The minimum absolute atomic E-state index is 0.276. The van der Waals surface area contributed by atoms with Crippen molar-refractivity contribution in [2.24, 2.45) is 0 Å². The molecule has 2 aromatic carbocycles. The van der Waals surface area contributed by atoms with E-state index >= 15 is 0 Å². The summed E-state index contributed by atoms with van der Waals surface area (Å²) in [5.74, 6) is -0.394. The zero-order valence-corrected chi connectivity index (χ0v) is 14.3. The molecule has 0 bridgehead atoms. The lowest BCUT2D eigenvalue weighted by Crippen LogP contribution is -2.22. The van der Waals surface area contributed by atoms with Gasteiger partial charge in [-0.3, -0.25) is 9.59 Å². The van der Waals surface area contributed by atoms with Gasteiger partial charge in [-0.1, -0.05) is 59.8 Å². The molecule has 1 aliphatic heterocycles. The highest BCUT2D eigenvalue weighted by Crippen LogP contribution is 2.39. The maximum Gasteiger partial charge on any atom is 0.234 e. The van der Waals surface area contributed by atoms with Crippen LogP contribution in [0, 0.1) is 0 Å². The third-order valence-electron chi connectivity index (χ3n) is 4.95. The van der Waals surface area contributed by atoms with Crippen LogP contribution in [0.25, 0.3) is 17.0 Å². The quantitative estimate of drug-likeness (QED) is 0.674. The number of hydrogen-bond donors (Lipinski definition) is 0. The summed E-state index contributed by atoms with van der Waals surface area (Å²) in [6.07, 6.45) is 1.83. The Hall–Kier alpha value is -3.54. The van der Waals surface area contributed by atoms with Crippen LogP contribution in [-0.4, -0.2) is 32.7 Å². The average molecular weight is 357 g/mol. The van der Waals surface area contributed by atoms with Crippen molar-refractivity contribution in [3.63, 3.8) is 0 Å². The maximum absolute atomic E-state index is 12.5. The molecule has 132 valence electrons. The Morgan fingerprint density at radius 3 is 2.52 bits per heavy atom. The molecule has 0 saturated heterocycles. The van der Waals surface area contributed by atoms with Crippen LogP contribution in [0.3, 0.4) is 0 Å². The van der Waals surface area contributed by atoms with E-state index in [4.69, 9.17) is 4.74 Å². The number of fused-ring (bicyclic) bond motifs is 2. The monoisotopic (exact) mass is 357 g/mol. The van der Waals surface area contributed by atoms with Crippen molar-refractivity contribution >= 4 is 17.3 Å². The van der Waals surface area contributed by atoms with Crippen molar-refractivity contribution in [1.29, 1.82) is 0 Å². The van der Waals surface area contributed by atoms with Gasteiger partial charge in [0, 0.05) is 23.1 Å². The highest BCUT2D eigenvalue weighted by molar-refractivity contribution is 6.52. The number of carbonyl (C=O) groups is 2. The van der Waals surface area contributed by atoms with E-state index in [1.807, 2.05) is 42.5 Å². The molecule has 5 rings (SSSR count). The first-order valence-corrected chi connectivity index (χ1v) is 8.74. The van der Waals surface area contributed by atoms with E-state index in [1.54, 1.807) is 23.0 Å². The first-order valence-electron chi connectivity index (χ1n) is 8.74. The van der Waals surface area contributed by atoms with Gasteiger partial charge in [0.15, 0.2) is 0 Å². The molecule has 0 amide bonds. The van der Waals surface area contributed by atoms with Gasteiger partial charge in [0.25, 0.3) is 0 Å². The molecule has 0 N–H and O–H groups in total. The second-order valence-corrected chi connectivity index (χ2v) is 6.62. The number of ketones is 2. The Bertz CT molecular complexity index is 1100. The molecule has 0 saturated carbocycles. The van der Waals surface area contributed by atoms with Crippen molar-refractivity contribution in [1.82, 2.24) is 15.0 Å². The highest BCUT2D eigenvalue weighted by Gasteiger charge is 2.40. The number of Topliss-reactive ketones (excluding diaryl/α,β-unsaturated/α-hetero) is 2. The largest absolute Gasteiger partial charge is 0.487 e. The molecular weight excluding hydrogens is 342 g/mol. The maximum atomic E-state index is 12.5. The molecule has 6 heteroatoms. The molecule has 1 unspecified atom stereocenters. The van der Waals surface area contributed by atoms with Gasteiger partial charge in [-0.05, 0) is 0 Å².